The van der Waals surface area contributed by atoms with Crippen molar-refractivity contribution >= 4 is 11.6 Å². The van der Waals surface area contributed by atoms with Gasteiger partial charge in [-0.1, -0.05) is 34.6 Å². The summed E-state index contributed by atoms with van der Waals surface area (Å²) in [6, 6.07) is 2.82. The van der Waals surface area contributed by atoms with E-state index >= 15 is 0 Å². The Bertz CT molecular complexity index is 437. The third-order valence-electron chi connectivity index (χ3n) is 2.49. The summed E-state index contributed by atoms with van der Waals surface area (Å²) < 4.78 is 18.3. The summed E-state index contributed by atoms with van der Waals surface area (Å²) in [5.74, 6) is -0.385. The molecule has 1 rings (SSSR count). The van der Waals surface area contributed by atoms with Gasteiger partial charge >= 0.3 is 0 Å². The molecule has 0 bridgehead atoms. The lowest BCUT2D eigenvalue weighted by Gasteiger charge is -2.19. The molecule has 108 valence electrons. The molecule has 0 saturated heterocycles. The Morgan fingerprint density at radius 3 is 2.21 bits per heavy atom. The van der Waals surface area contributed by atoms with Crippen molar-refractivity contribution in [2.24, 2.45) is 5.41 Å². The zero-order valence-corrected chi connectivity index (χ0v) is 12.8. The minimum atomic E-state index is -0.492. The molecule has 1 aromatic carbocycles. The van der Waals surface area contributed by atoms with E-state index in [9.17, 15) is 9.18 Å². The predicted molar refractivity (Wildman–Crippen MR) is 77.1 cm³/mol. The SMILES string of the molecule is CC.COc1c(F)ccc(NC(=O)C(C)(C)C)c1C. The highest BCUT2D eigenvalue weighted by Crippen LogP contribution is 2.29. The van der Waals surface area contributed by atoms with E-state index in [2.05, 4.69) is 5.32 Å². The first-order chi connectivity index (χ1) is 8.77. The molecule has 1 amide bonds. The van der Waals surface area contributed by atoms with E-state index in [-0.39, 0.29) is 11.7 Å². The molecule has 0 spiro atoms. The highest BCUT2D eigenvalue weighted by atomic mass is 19.1. The van der Waals surface area contributed by atoms with Crippen LogP contribution in [0, 0.1) is 18.2 Å². The Hall–Kier alpha value is -1.58. The van der Waals surface area contributed by atoms with Gasteiger partial charge in [-0.2, -0.15) is 0 Å². The van der Waals surface area contributed by atoms with Crippen LogP contribution in [0.5, 0.6) is 5.75 Å². The van der Waals surface area contributed by atoms with Gasteiger partial charge in [0, 0.05) is 16.7 Å². The number of methoxy groups -OCH3 is 1. The molecular weight excluding hydrogens is 245 g/mol. The maximum absolute atomic E-state index is 13.4. The first kappa shape index (κ1) is 17.4. The zero-order chi connectivity index (χ0) is 15.2. The quantitative estimate of drug-likeness (QED) is 0.875. The smallest absolute Gasteiger partial charge is 0.229 e. The average molecular weight is 269 g/mol. The number of halogens is 1. The lowest BCUT2D eigenvalue weighted by Crippen LogP contribution is -2.28. The van der Waals surface area contributed by atoms with Crippen LogP contribution in [0.3, 0.4) is 0 Å². The van der Waals surface area contributed by atoms with Crippen molar-refractivity contribution in [1.29, 1.82) is 0 Å². The van der Waals surface area contributed by atoms with Crippen LogP contribution in [0.1, 0.15) is 40.2 Å². The van der Waals surface area contributed by atoms with Gasteiger partial charge in [0.1, 0.15) is 0 Å². The number of hydrogen-bond donors (Lipinski definition) is 1. The monoisotopic (exact) mass is 269 g/mol. The van der Waals surface area contributed by atoms with E-state index in [0.29, 0.717) is 11.3 Å². The molecule has 1 aromatic rings. The number of carbonyl (C=O) groups is 1. The second-order valence-corrected chi connectivity index (χ2v) is 4.96. The van der Waals surface area contributed by atoms with Crippen molar-refractivity contribution < 1.29 is 13.9 Å². The first-order valence-electron chi connectivity index (χ1n) is 6.42. The van der Waals surface area contributed by atoms with Crippen LogP contribution in [0.4, 0.5) is 10.1 Å². The summed E-state index contributed by atoms with van der Waals surface area (Å²) >= 11 is 0. The number of hydrogen-bond acceptors (Lipinski definition) is 2. The van der Waals surface area contributed by atoms with Gasteiger partial charge < -0.3 is 10.1 Å². The van der Waals surface area contributed by atoms with Gasteiger partial charge in [-0.25, -0.2) is 4.39 Å². The van der Waals surface area contributed by atoms with E-state index in [1.807, 2.05) is 34.6 Å². The fourth-order valence-corrected chi connectivity index (χ4v) is 1.35. The Kier molecular flexibility index (Phi) is 6.53. The number of rotatable bonds is 2. The number of benzene rings is 1. The number of ether oxygens (including phenoxy) is 1. The second-order valence-electron chi connectivity index (χ2n) is 4.96. The first-order valence-corrected chi connectivity index (χ1v) is 6.42. The third-order valence-corrected chi connectivity index (χ3v) is 2.49. The molecule has 3 nitrogen and oxygen atoms in total. The summed E-state index contributed by atoms with van der Waals surface area (Å²) in [5, 5.41) is 2.77. The van der Waals surface area contributed by atoms with Crippen molar-refractivity contribution in [2.75, 3.05) is 12.4 Å². The highest BCUT2D eigenvalue weighted by molar-refractivity contribution is 5.95. The van der Waals surface area contributed by atoms with E-state index in [0.717, 1.165) is 0 Å². The fraction of sp³-hybridized carbons (Fsp3) is 0.533. The predicted octanol–water partition coefficient (Wildman–Crippen LogP) is 4.15. The topological polar surface area (TPSA) is 38.3 Å². The van der Waals surface area contributed by atoms with E-state index in [4.69, 9.17) is 4.74 Å². The van der Waals surface area contributed by atoms with Crippen LogP contribution in [-0.4, -0.2) is 13.0 Å². The van der Waals surface area contributed by atoms with E-state index in [1.54, 1.807) is 6.92 Å². The van der Waals surface area contributed by atoms with Gasteiger partial charge in [-0.15, -0.1) is 0 Å². The van der Waals surface area contributed by atoms with Gasteiger partial charge in [0.05, 0.1) is 7.11 Å². The standard InChI is InChI=1S/C13H18FNO2.C2H6/c1-8-10(15-12(16)13(2,3)4)7-6-9(14)11(8)17-5;1-2/h6-7H,1-5H3,(H,15,16);1-2H3. The van der Waals surface area contributed by atoms with Gasteiger partial charge in [0.2, 0.25) is 5.91 Å². The maximum atomic E-state index is 13.4. The summed E-state index contributed by atoms with van der Waals surface area (Å²) in [6.45, 7) is 11.2. The molecule has 1 N–H and O–H groups in total. The largest absolute Gasteiger partial charge is 0.493 e. The molecule has 0 aliphatic carbocycles. The van der Waals surface area contributed by atoms with Crippen molar-refractivity contribution in [3.8, 4) is 5.75 Å². The summed E-state index contributed by atoms with van der Waals surface area (Å²) in [5.41, 5.74) is 0.668. The molecule has 19 heavy (non-hydrogen) atoms. The molecule has 0 radical (unpaired) electrons. The van der Waals surface area contributed by atoms with Crippen molar-refractivity contribution in [3.05, 3.63) is 23.5 Å². The highest BCUT2D eigenvalue weighted by Gasteiger charge is 2.22. The van der Waals surface area contributed by atoms with Crippen molar-refractivity contribution in [2.45, 2.75) is 41.5 Å². The Balaban J connectivity index is 0.00000154. The molecule has 0 aliphatic rings. The van der Waals surface area contributed by atoms with Crippen LogP contribution in [0.2, 0.25) is 0 Å². The lowest BCUT2D eigenvalue weighted by molar-refractivity contribution is -0.123. The van der Waals surface area contributed by atoms with Gasteiger partial charge in [0.25, 0.3) is 0 Å². The number of anilines is 1. The third kappa shape index (κ3) is 4.54. The van der Waals surface area contributed by atoms with Gasteiger partial charge in [-0.3, -0.25) is 4.79 Å². The summed E-state index contributed by atoms with van der Waals surface area (Å²) in [6.07, 6.45) is 0. The maximum Gasteiger partial charge on any atom is 0.229 e. The molecule has 0 fully saturated rings. The van der Waals surface area contributed by atoms with Crippen molar-refractivity contribution in [1.82, 2.24) is 0 Å². The van der Waals surface area contributed by atoms with Crippen LogP contribution in [-0.2, 0) is 4.79 Å². The lowest BCUT2D eigenvalue weighted by atomic mass is 9.95. The fourth-order valence-electron chi connectivity index (χ4n) is 1.35. The van der Waals surface area contributed by atoms with Crippen LogP contribution >= 0.6 is 0 Å². The number of amides is 1. The van der Waals surface area contributed by atoms with Gasteiger partial charge in [-0.05, 0) is 19.1 Å². The minimum Gasteiger partial charge on any atom is -0.493 e. The second kappa shape index (κ2) is 7.12. The van der Waals surface area contributed by atoms with Crippen molar-refractivity contribution in [3.63, 3.8) is 0 Å². The van der Waals surface area contributed by atoms with Crippen LogP contribution < -0.4 is 10.1 Å². The number of carbonyl (C=O) groups excluding carboxylic acids is 1. The Morgan fingerprint density at radius 2 is 1.79 bits per heavy atom. The number of nitrogens with one attached hydrogen (secondary N) is 1. The summed E-state index contributed by atoms with van der Waals surface area (Å²) in [7, 11) is 1.40. The molecule has 0 saturated carbocycles. The van der Waals surface area contributed by atoms with Crippen LogP contribution in [0.25, 0.3) is 0 Å². The average Bonchev–Trinajstić information content (AvgIpc) is 2.34. The minimum absolute atomic E-state index is 0.116. The zero-order valence-electron chi connectivity index (χ0n) is 12.8. The molecule has 0 heterocycles. The van der Waals surface area contributed by atoms with Crippen LogP contribution in [0.15, 0.2) is 12.1 Å². The normalized spacial score (nSPS) is 10.3. The molecule has 0 atom stereocenters. The van der Waals surface area contributed by atoms with E-state index in [1.165, 1.54) is 19.2 Å². The Morgan fingerprint density at radius 1 is 1.26 bits per heavy atom. The molecule has 0 aliphatic heterocycles. The molecule has 0 aromatic heterocycles. The molecular formula is C15H24FNO2. The molecule has 4 heteroatoms. The Labute approximate surface area is 115 Å². The summed E-state index contributed by atoms with van der Waals surface area (Å²) in [4.78, 5) is 11.8. The van der Waals surface area contributed by atoms with Gasteiger partial charge in [0.15, 0.2) is 11.6 Å². The molecule has 0 unspecified atom stereocenters. The van der Waals surface area contributed by atoms with E-state index < -0.39 is 11.2 Å².